The molecule has 0 unspecified atom stereocenters. The van der Waals surface area contributed by atoms with Crippen molar-refractivity contribution >= 4 is 23.4 Å². The summed E-state index contributed by atoms with van der Waals surface area (Å²) in [5.41, 5.74) is 3.37. The SMILES string of the molecule is C[C@@H]1CN2c3c4c(nc(OC[C@@H]5CCCN5C)c3N(C)C(=O)[C@H]2CN1C(=O)OC(C)(C)C)CNCC4. The Bertz CT molecular complexity index is 1040. The summed E-state index contributed by atoms with van der Waals surface area (Å²) in [7, 11) is 3.94. The molecule has 0 saturated carbocycles. The fraction of sp³-hybridized carbons (Fsp3) is 0.731. The zero-order valence-electron chi connectivity index (χ0n) is 22.5. The molecule has 0 radical (unpaired) electrons. The van der Waals surface area contributed by atoms with Crippen molar-refractivity contribution in [1.29, 1.82) is 0 Å². The van der Waals surface area contributed by atoms with Crippen LogP contribution in [-0.4, -0.2) is 97.4 Å². The van der Waals surface area contributed by atoms with Crippen LogP contribution in [0.1, 0.15) is 51.8 Å². The van der Waals surface area contributed by atoms with Crippen molar-refractivity contribution in [1.82, 2.24) is 20.1 Å². The third kappa shape index (κ3) is 4.49. The van der Waals surface area contributed by atoms with Gasteiger partial charge in [0.2, 0.25) is 5.88 Å². The van der Waals surface area contributed by atoms with E-state index in [1.54, 1.807) is 16.8 Å². The van der Waals surface area contributed by atoms with E-state index in [0.717, 1.165) is 43.0 Å². The first kappa shape index (κ1) is 25.1. The summed E-state index contributed by atoms with van der Waals surface area (Å²) in [5.74, 6) is 0.478. The van der Waals surface area contributed by atoms with Gasteiger partial charge < -0.3 is 34.4 Å². The van der Waals surface area contributed by atoms with Gasteiger partial charge in [-0.05, 0) is 67.1 Å². The second-order valence-corrected chi connectivity index (χ2v) is 11.6. The summed E-state index contributed by atoms with van der Waals surface area (Å²) in [5, 5.41) is 3.43. The predicted octanol–water partition coefficient (Wildman–Crippen LogP) is 1.99. The predicted molar refractivity (Wildman–Crippen MR) is 138 cm³/mol. The topological polar surface area (TPSA) is 90.5 Å². The molecule has 5 rings (SSSR count). The van der Waals surface area contributed by atoms with E-state index in [2.05, 4.69) is 22.2 Å². The molecule has 0 spiro atoms. The number of carbonyl (C=O) groups is 2. The number of likely N-dealkylation sites (tertiary alicyclic amines) is 1. The van der Waals surface area contributed by atoms with Crippen molar-refractivity contribution in [2.24, 2.45) is 0 Å². The van der Waals surface area contributed by atoms with Gasteiger partial charge in [-0.3, -0.25) is 4.79 Å². The molecular formula is C26H40N6O4. The Hall–Kier alpha value is -2.59. The standard InChI is InChI=1S/C26H40N6O4/c1-16-13-32-20(14-31(16)25(34)36-26(2,3)4)24(33)30(6)22-21(32)18-9-10-27-12-19(18)28-23(22)35-15-17-8-7-11-29(17)5/h16-17,20,27H,7-15H2,1-6H3/t16-,17+,20-/m1/s1. The average Bonchev–Trinajstić information content (AvgIpc) is 3.23. The van der Waals surface area contributed by atoms with Gasteiger partial charge in [0.15, 0.2) is 0 Å². The van der Waals surface area contributed by atoms with Crippen LogP contribution in [0.25, 0.3) is 0 Å². The number of aromatic nitrogens is 1. The van der Waals surface area contributed by atoms with Crippen molar-refractivity contribution in [2.75, 3.05) is 56.7 Å². The number of hydrogen-bond acceptors (Lipinski definition) is 8. The first-order valence-corrected chi connectivity index (χ1v) is 13.2. The minimum absolute atomic E-state index is 0.0542. The number of anilines is 2. The Morgan fingerprint density at radius 2 is 1.97 bits per heavy atom. The van der Waals surface area contributed by atoms with Gasteiger partial charge in [-0.15, -0.1) is 0 Å². The highest BCUT2D eigenvalue weighted by Gasteiger charge is 2.47. The van der Waals surface area contributed by atoms with Gasteiger partial charge in [-0.1, -0.05) is 0 Å². The molecule has 10 nitrogen and oxygen atoms in total. The first-order chi connectivity index (χ1) is 17.0. The molecule has 0 aliphatic carbocycles. The summed E-state index contributed by atoms with van der Waals surface area (Å²) in [6, 6.07) is -0.227. The minimum Gasteiger partial charge on any atom is -0.474 e. The van der Waals surface area contributed by atoms with Gasteiger partial charge in [0.05, 0.1) is 17.9 Å². The van der Waals surface area contributed by atoms with Gasteiger partial charge in [0.1, 0.15) is 23.9 Å². The van der Waals surface area contributed by atoms with Crippen molar-refractivity contribution < 1.29 is 19.1 Å². The van der Waals surface area contributed by atoms with Crippen LogP contribution in [0.2, 0.25) is 0 Å². The number of piperazine rings is 1. The van der Waals surface area contributed by atoms with Crippen LogP contribution in [-0.2, 0) is 22.5 Å². The number of rotatable bonds is 3. The summed E-state index contributed by atoms with van der Waals surface area (Å²) >= 11 is 0. The van der Waals surface area contributed by atoms with Crippen LogP contribution in [0.4, 0.5) is 16.2 Å². The van der Waals surface area contributed by atoms with Crippen molar-refractivity contribution in [2.45, 2.75) is 77.2 Å². The molecule has 1 N–H and O–H groups in total. The van der Waals surface area contributed by atoms with Crippen molar-refractivity contribution in [3.63, 3.8) is 0 Å². The fourth-order valence-electron chi connectivity index (χ4n) is 5.87. The summed E-state index contributed by atoms with van der Waals surface area (Å²) in [4.78, 5) is 39.5. The van der Waals surface area contributed by atoms with E-state index in [1.807, 2.05) is 27.7 Å². The summed E-state index contributed by atoms with van der Waals surface area (Å²) in [6.07, 6.45) is 2.74. The smallest absolute Gasteiger partial charge is 0.410 e. The van der Waals surface area contributed by atoms with Crippen LogP contribution < -0.4 is 19.9 Å². The molecule has 0 bridgehead atoms. The van der Waals surface area contributed by atoms with Crippen LogP contribution >= 0.6 is 0 Å². The zero-order valence-corrected chi connectivity index (χ0v) is 22.5. The Morgan fingerprint density at radius 1 is 1.19 bits per heavy atom. The molecule has 0 aromatic carbocycles. The Morgan fingerprint density at radius 3 is 2.67 bits per heavy atom. The zero-order chi connectivity index (χ0) is 25.8. The van der Waals surface area contributed by atoms with Gasteiger partial charge in [0, 0.05) is 37.8 Å². The third-order valence-electron chi connectivity index (χ3n) is 7.83. The number of amides is 2. The number of pyridine rings is 1. The molecule has 2 amide bonds. The van der Waals surface area contributed by atoms with Gasteiger partial charge in [0.25, 0.3) is 5.91 Å². The maximum Gasteiger partial charge on any atom is 0.410 e. The summed E-state index contributed by atoms with van der Waals surface area (Å²) < 4.78 is 12.0. The van der Waals surface area contributed by atoms with E-state index >= 15 is 0 Å². The fourth-order valence-corrected chi connectivity index (χ4v) is 5.87. The molecule has 1 aromatic heterocycles. The Labute approximate surface area is 213 Å². The highest BCUT2D eigenvalue weighted by Crippen LogP contribution is 2.47. The van der Waals surface area contributed by atoms with Crippen LogP contribution in [0.3, 0.4) is 0 Å². The molecule has 4 aliphatic rings. The molecule has 10 heteroatoms. The molecule has 2 fully saturated rings. The highest BCUT2D eigenvalue weighted by molar-refractivity contribution is 6.07. The first-order valence-electron chi connectivity index (χ1n) is 13.2. The average molecular weight is 501 g/mol. The number of nitrogens with zero attached hydrogens (tertiary/aromatic N) is 5. The molecular weight excluding hydrogens is 460 g/mol. The second kappa shape index (κ2) is 9.37. The molecule has 1 aromatic rings. The van der Waals surface area contributed by atoms with E-state index in [9.17, 15) is 9.59 Å². The van der Waals surface area contributed by atoms with Crippen molar-refractivity contribution in [3.05, 3.63) is 11.3 Å². The van der Waals surface area contributed by atoms with E-state index in [4.69, 9.17) is 14.5 Å². The van der Waals surface area contributed by atoms with E-state index in [1.165, 1.54) is 12.0 Å². The van der Waals surface area contributed by atoms with Gasteiger partial charge in [-0.2, -0.15) is 0 Å². The third-order valence-corrected chi connectivity index (χ3v) is 7.83. The van der Waals surface area contributed by atoms with Crippen LogP contribution in [0.5, 0.6) is 5.88 Å². The monoisotopic (exact) mass is 500 g/mol. The lowest BCUT2D eigenvalue weighted by atomic mass is 9.95. The Balaban J connectivity index is 1.50. The molecule has 2 saturated heterocycles. The van der Waals surface area contributed by atoms with Gasteiger partial charge in [-0.25, -0.2) is 9.78 Å². The maximum absolute atomic E-state index is 13.7. The number of hydrogen-bond donors (Lipinski definition) is 1. The van der Waals surface area contributed by atoms with Crippen LogP contribution in [0, 0.1) is 0 Å². The lowest BCUT2D eigenvalue weighted by Crippen LogP contribution is -2.66. The minimum atomic E-state index is -0.592. The molecule has 36 heavy (non-hydrogen) atoms. The lowest BCUT2D eigenvalue weighted by molar-refractivity contribution is -0.121. The molecule has 4 aliphatic heterocycles. The van der Waals surface area contributed by atoms with E-state index in [0.29, 0.717) is 31.6 Å². The molecule has 5 heterocycles. The number of likely N-dealkylation sites (N-methyl/N-ethyl adjacent to an activating group) is 2. The van der Waals surface area contributed by atoms with Crippen molar-refractivity contribution in [3.8, 4) is 5.88 Å². The second-order valence-electron chi connectivity index (χ2n) is 11.6. The molecule has 3 atom stereocenters. The number of ether oxygens (including phenoxy) is 2. The van der Waals surface area contributed by atoms with Crippen LogP contribution in [0.15, 0.2) is 0 Å². The number of fused-ring (bicyclic) bond motifs is 5. The normalized spacial score (nSPS) is 26.4. The Kier molecular flexibility index (Phi) is 6.53. The number of carbonyl (C=O) groups excluding carboxylic acids is 2. The number of nitrogens with one attached hydrogen (secondary N) is 1. The largest absolute Gasteiger partial charge is 0.474 e. The highest BCUT2D eigenvalue weighted by atomic mass is 16.6. The van der Waals surface area contributed by atoms with E-state index in [-0.39, 0.29) is 24.6 Å². The quantitative estimate of drug-likeness (QED) is 0.674. The maximum atomic E-state index is 13.7. The lowest BCUT2D eigenvalue weighted by Gasteiger charge is -2.50. The van der Waals surface area contributed by atoms with Gasteiger partial charge >= 0.3 is 6.09 Å². The van der Waals surface area contributed by atoms with E-state index < -0.39 is 11.6 Å². The summed E-state index contributed by atoms with van der Waals surface area (Å²) in [6.45, 7) is 11.6. The molecule has 198 valence electrons.